The van der Waals surface area contributed by atoms with E-state index in [1.165, 1.54) is 0 Å². The van der Waals surface area contributed by atoms with Crippen molar-refractivity contribution in [2.45, 2.75) is 6.42 Å². The molecule has 21 heavy (non-hydrogen) atoms. The minimum Gasteiger partial charge on any atom is -0.497 e. The quantitative estimate of drug-likeness (QED) is 0.222. The van der Waals surface area contributed by atoms with Gasteiger partial charge in [0.05, 0.1) is 32.5 Å². The number of benzene rings is 1. The molecule has 0 saturated heterocycles. The minimum absolute atomic E-state index is 0.0102. The summed E-state index contributed by atoms with van der Waals surface area (Å²) in [6, 6.07) is 5.09. The van der Waals surface area contributed by atoms with Crippen LogP contribution in [0.1, 0.15) is 12.0 Å². The van der Waals surface area contributed by atoms with E-state index in [0.29, 0.717) is 43.5 Å². The molecule has 1 aromatic rings. The van der Waals surface area contributed by atoms with Crippen LogP contribution in [0.4, 0.5) is 0 Å². The Hall–Kier alpha value is -1.99. The Labute approximate surface area is 124 Å². The van der Waals surface area contributed by atoms with Gasteiger partial charge in [0, 0.05) is 26.2 Å². The summed E-state index contributed by atoms with van der Waals surface area (Å²) >= 11 is 0. The van der Waals surface area contributed by atoms with E-state index in [2.05, 4.69) is 5.16 Å². The second-order valence-electron chi connectivity index (χ2n) is 4.15. The zero-order valence-corrected chi connectivity index (χ0v) is 12.4. The normalized spacial score (nSPS) is 11.4. The smallest absolute Gasteiger partial charge is 0.173 e. The Morgan fingerprint density at radius 2 is 2.00 bits per heavy atom. The second kappa shape index (κ2) is 9.84. The third-order valence-corrected chi connectivity index (χ3v) is 2.69. The third kappa shape index (κ3) is 5.88. The molecule has 0 aliphatic rings. The number of hydrogen-bond donors (Lipinski definition) is 2. The van der Waals surface area contributed by atoms with Crippen molar-refractivity contribution in [2.24, 2.45) is 10.9 Å². The van der Waals surface area contributed by atoms with Crippen LogP contribution < -0.4 is 15.2 Å². The van der Waals surface area contributed by atoms with Crippen LogP contribution in [0.3, 0.4) is 0 Å². The van der Waals surface area contributed by atoms with Crippen molar-refractivity contribution >= 4 is 5.84 Å². The van der Waals surface area contributed by atoms with Crippen molar-refractivity contribution in [3.63, 3.8) is 0 Å². The monoisotopic (exact) mass is 298 g/mol. The van der Waals surface area contributed by atoms with E-state index < -0.39 is 0 Å². The fourth-order valence-electron chi connectivity index (χ4n) is 1.60. The standard InChI is InChI=1S/C14H22N2O5/c1-18-8-9-20-6-3-7-21-13-10-11(19-2)4-5-12(13)14(15)16-17/h4-5,10,17H,3,6-9H2,1-2H3,(H2,15,16). The first-order valence-corrected chi connectivity index (χ1v) is 6.58. The van der Waals surface area contributed by atoms with Crippen LogP contribution in [-0.2, 0) is 9.47 Å². The first-order chi connectivity index (χ1) is 10.2. The number of nitrogens with zero attached hydrogens (tertiary/aromatic N) is 1. The Balaban J connectivity index is 2.52. The van der Waals surface area contributed by atoms with Gasteiger partial charge in [-0.25, -0.2) is 0 Å². The molecule has 0 radical (unpaired) electrons. The van der Waals surface area contributed by atoms with Gasteiger partial charge < -0.3 is 29.9 Å². The minimum atomic E-state index is -0.0102. The van der Waals surface area contributed by atoms with E-state index in [0.717, 1.165) is 6.42 Å². The van der Waals surface area contributed by atoms with Crippen molar-refractivity contribution in [1.29, 1.82) is 0 Å². The van der Waals surface area contributed by atoms with Crippen LogP contribution in [0.15, 0.2) is 23.4 Å². The average Bonchev–Trinajstić information content (AvgIpc) is 2.53. The van der Waals surface area contributed by atoms with Gasteiger partial charge in [0.2, 0.25) is 0 Å². The van der Waals surface area contributed by atoms with E-state index in [-0.39, 0.29) is 5.84 Å². The van der Waals surface area contributed by atoms with Gasteiger partial charge in [0.25, 0.3) is 0 Å². The van der Waals surface area contributed by atoms with Gasteiger partial charge in [0.15, 0.2) is 5.84 Å². The van der Waals surface area contributed by atoms with Crippen molar-refractivity contribution in [3.8, 4) is 11.5 Å². The molecule has 0 aromatic heterocycles. The van der Waals surface area contributed by atoms with Crippen LogP contribution in [0.25, 0.3) is 0 Å². The van der Waals surface area contributed by atoms with Crippen LogP contribution in [0.5, 0.6) is 11.5 Å². The fourth-order valence-corrected chi connectivity index (χ4v) is 1.60. The van der Waals surface area contributed by atoms with Gasteiger partial charge in [-0.05, 0) is 12.1 Å². The number of ether oxygens (including phenoxy) is 4. The van der Waals surface area contributed by atoms with Crippen LogP contribution in [-0.4, -0.2) is 51.7 Å². The Bertz CT molecular complexity index is 451. The molecule has 3 N–H and O–H groups in total. The maximum atomic E-state index is 8.78. The second-order valence-corrected chi connectivity index (χ2v) is 4.15. The first kappa shape index (κ1) is 17.1. The van der Waals surface area contributed by atoms with E-state index in [9.17, 15) is 0 Å². The number of hydrogen-bond acceptors (Lipinski definition) is 6. The van der Waals surface area contributed by atoms with Crippen molar-refractivity contribution < 1.29 is 24.2 Å². The molecule has 0 spiro atoms. The van der Waals surface area contributed by atoms with Crippen molar-refractivity contribution in [3.05, 3.63) is 23.8 Å². The summed E-state index contributed by atoms with van der Waals surface area (Å²) in [5.74, 6) is 1.13. The van der Waals surface area contributed by atoms with Gasteiger partial charge in [-0.1, -0.05) is 5.16 Å². The first-order valence-electron chi connectivity index (χ1n) is 6.58. The molecule has 0 heterocycles. The summed E-state index contributed by atoms with van der Waals surface area (Å²) in [5.41, 5.74) is 6.13. The lowest BCUT2D eigenvalue weighted by Gasteiger charge is -2.12. The van der Waals surface area contributed by atoms with Gasteiger partial charge in [-0.3, -0.25) is 0 Å². The predicted molar refractivity (Wildman–Crippen MR) is 78.3 cm³/mol. The zero-order valence-electron chi connectivity index (χ0n) is 12.4. The molecule has 0 atom stereocenters. The largest absolute Gasteiger partial charge is 0.497 e. The number of amidine groups is 1. The van der Waals surface area contributed by atoms with E-state index >= 15 is 0 Å². The maximum absolute atomic E-state index is 8.78. The van der Waals surface area contributed by atoms with E-state index in [4.69, 9.17) is 29.9 Å². The maximum Gasteiger partial charge on any atom is 0.173 e. The van der Waals surface area contributed by atoms with E-state index in [1.807, 2.05) is 0 Å². The van der Waals surface area contributed by atoms with Gasteiger partial charge in [0.1, 0.15) is 11.5 Å². The molecule has 1 aromatic carbocycles. The fraction of sp³-hybridized carbons (Fsp3) is 0.500. The molecule has 0 fully saturated rings. The molecule has 0 aliphatic carbocycles. The molecular formula is C14H22N2O5. The summed E-state index contributed by atoms with van der Waals surface area (Å²) < 4.78 is 21.0. The molecule has 7 heteroatoms. The molecule has 7 nitrogen and oxygen atoms in total. The lowest BCUT2D eigenvalue weighted by atomic mass is 10.1. The van der Waals surface area contributed by atoms with Crippen LogP contribution >= 0.6 is 0 Å². The molecule has 118 valence electrons. The highest BCUT2D eigenvalue weighted by atomic mass is 16.5. The summed E-state index contributed by atoms with van der Waals surface area (Å²) in [5, 5.41) is 11.8. The Kier molecular flexibility index (Phi) is 8.00. The topological polar surface area (TPSA) is 95.5 Å². The SMILES string of the molecule is COCCOCCCOc1cc(OC)ccc1/C(N)=N/O. The molecule has 0 unspecified atom stereocenters. The van der Waals surface area contributed by atoms with Crippen LogP contribution in [0.2, 0.25) is 0 Å². The lowest BCUT2D eigenvalue weighted by Crippen LogP contribution is -2.15. The molecule has 0 aliphatic heterocycles. The van der Waals surface area contributed by atoms with Gasteiger partial charge >= 0.3 is 0 Å². The van der Waals surface area contributed by atoms with Crippen molar-refractivity contribution in [2.75, 3.05) is 40.6 Å². The Morgan fingerprint density at radius 1 is 1.19 bits per heavy atom. The molecule has 0 saturated carbocycles. The number of oxime groups is 1. The molecule has 1 rings (SSSR count). The lowest BCUT2D eigenvalue weighted by molar-refractivity contribution is 0.0644. The highest BCUT2D eigenvalue weighted by Gasteiger charge is 2.10. The van der Waals surface area contributed by atoms with Gasteiger partial charge in [-0.2, -0.15) is 0 Å². The Morgan fingerprint density at radius 3 is 2.67 bits per heavy atom. The third-order valence-electron chi connectivity index (χ3n) is 2.69. The molecular weight excluding hydrogens is 276 g/mol. The highest BCUT2D eigenvalue weighted by Crippen LogP contribution is 2.24. The van der Waals surface area contributed by atoms with E-state index in [1.54, 1.807) is 32.4 Å². The zero-order chi connectivity index (χ0) is 15.5. The molecule has 0 amide bonds. The highest BCUT2D eigenvalue weighted by molar-refractivity contribution is 5.99. The number of rotatable bonds is 10. The van der Waals surface area contributed by atoms with Gasteiger partial charge in [-0.15, -0.1) is 0 Å². The van der Waals surface area contributed by atoms with Crippen molar-refractivity contribution in [1.82, 2.24) is 0 Å². The van der Waals surface area contributed by atoms with Crippen LogP contribution in [0, 0.1) is 0 Å². The summed E-state index contributed by atoms with van der Waals surface area (Å²) in [6.07, 6.45) is 0.719. The average molecular weight is 298 g/mol. The number of methoxy groups -OCH3 is 2. The summed E-state index contributed by atoms with van der Waals surface area (Å²) in [6.45, 7) is 2.16. The molecule has 0 bridgehead atoms. The predicted octanol–water partition coefficient (Wildman–Crippen LogP) is 1.22. The summed E-state index contributed by atoms with van der Waals surface area (Å²) in [7, 11) is 3.19. The number of nitrogens with two attached hydrogens (primary N) is 1. The summed E-state index contributed by atoms with van der Waals surface area (Å²) in [4.78, 5) is 0.